The highest BCUT2D eigenvalue weighted by Gasteiger charge is 2.59. The van der Waals surface area contributed by atoms with Gasteiger partial charge in [-0.3, -0.25) is 9.13 Å². The van der Waals surface area contributed by atoms with E-state index in [4.69, 9.17) is 19.6 Å². The molecule has 1 heterocycles. The third-order valence-electron chi connectivity index (χ3n) is 2.90. The quantitative estimate of drug-likeness (QED) is 0.446. The molecule has 0 amide bonds. The number of nitrogens with zero attached hydrogens (tertiary/aromatic N) is 2. The summed E-state index contributed by atoms with van der Waals surface area (Å²) in [5.41, 5.74) is 0.534. The van der Waals surface area contributed by atoms with E-state index >= 15 is 0 Å². The summed E-state index contributed by atoms with van der Waals surface area (Å²) in [6.07, 6.45) is 4.76. The van der Waals surface area contributed by atoms with Crippen LogP contribution in [0.25, 0.3) is 0 Å². The summed E-state index contributed by atoms with van der Waals surface area (Å²) in [7, 11) is -10.9. The molecule has 1 aromatic heterocycles. The van der Waals surface area contributed by atoms with Crippen LogP contribution < -0.4 is 0 Å². The van der Waals surface area contributed by atoms with Crippen LogP contribution in [0.5, 0.6) is 0 Å². The summed E-state index contributed by atoms with van der Waals surface area (Å²) < 4.78 is 23.7. The fourth-order valence-corrected chi connectivity index (χ4v) is 3.67. The maximum Gasteiger partial charge on any atom is 0.371 e. The number of hydrogen-bond donors (Lipinski definition) is 5. The summed E-state index contributed by atoms with van der Waals surface area (Å²) in [5, 5.41) is 6.37. The molecule has 0 aliphatic heterocycles. The third-order valence-corrected chi connectivity index (χ3v) is 6.61. The maximum absolute atomic E-state index is 11.3. The van der Waals surface area contributed by atoms with Gasteiger partial charge in [-0.25, -0.2) is 4.98 Å². The lowest BCUT2D eigenvalue weighted by Crippen LogP contribution is -2.34. The molecule has 0 spiro atoms. The van der Waals surface area contributed by atoms with E-state index in [1.54, 1.807) is 0 Å². The predicted octanol–water partition coefficient (Wildman–Crippen LogP) is 0.227. The fraction of sp³-hybridized carbons (Fsp3) is 0.667. The lowest BCUT2D eigenvalue weighted by Gasteiger charge is -2.29. The van der Waals surface area contributed by atoms with E-state index in [0.29, 0.717) is 12.1 Å². The molecule has 0 aromatic carbocycles. The van der Waals surface area contributed by atoms with Crippen molar-refractivity contribution in [3.05, 3.63) is 18.2 Å². The van der Waals surface area contributed by atoms with Crippen LogP contribution in [0.2, 0.25) is 0 Å². The van der Waals surface area contributed by atoms with Crippen molar-refractivity contribution in [2.24, 2.45) is 0 Å². The van der Waals surface area contributed by atoms with Gasteiger partial charge in [-0.2, -0.15) is 0 Å². The second-order valence-corrected chi connectivity index (χ2v) is 8.49. The Bertz CT molecular complexity index is 524. The van der Waals surface area contributed by atoms with Crippen LogP contribution in [-0.2, 0) is 22.1 Å². The number of hydrogen-bond acceptors (Lipinski definition) is 4. The highest BCUT2D eigenvalue weighted by molar-refractivity contribution is 7.72. The highest BCUT2D eigenvalue weighted by Crippen LogP contribution is 2.68. The highest BCUT2D eigenvalue weighted by atomic mass is 31.2. The van der Waals surface area contributed by atoms with Gasteiger partial charge < -0.3 is 29.2 Å². The second-order valence-electron chi connectivity index (χ2n) is 4.48. The topological polar surface area (TPSA) is 153 Å². The van der Waals surface area contributed by atoms with Gasteiger partial charge in [0, 0.05) is 11.9 Å². The Hall–Kier alpha value is -0.530. The standard InChI is InChI=1S/C9H18N2O7P2/c1-2-3-4-8-5-10-7-11(8)6-9(12,19(13,14)15)20(16,17)18/h5,7,12H,2-4,6H2,1H3,(H2,13,14,15)(H2,16,17,18). The first kappa shape index (κ1) is 17.5. The zero-order chi connectivity index (χ0) is 15.6. The molecule has 0 radical (unpaired) electrons. The lowest BCUT2D eigenvalue weighted by atomic mass is 10.2. The molecule has 1 aromatic rings. The summed E-state index contributed by atoms with van der Waals surface area (Å²) in [4.78, 5) is 40.1. The average molecular weight is 328 g/mol. The Morgan fingerprint density at radius 2 is 1.80 bits per heavy atom. The Morgan fingerprint density at radius 1 is 1.25 bits per heavy atom. The Kier molecular flexibility index (Phi) is 5.32. The van der Waals surface area contributed by atoms with Crippen LogP contribution in [0.1, 0.15) is 25.5 Å². The first-order chi connectivity index (χ1) is 9.03. The largest absolute Gasteiger partial charge is 0.371 e. The Balaban J connectivity index is 3.13. The van der Waals surface area contributed by atoms with E-state index in [-0.39, 0.29) is 0 Å². The van der Waals surface area contributed by atoms with Gasteiger partial charge in [-0.1, -0.05) is 13.3 Å². The van der Waals surface area contributed by atoms with Crippen LogP contribution in [0.3, 0.4) is 0 Å². The minimum Gasteiger partial charge on any atom is -0.366 e. The predicted molar refractivity (Wildman–Crippen MR) is 69.9 cm³/mol. The van der Waals surface area contributed by atoms with Crippen molar-refractivity contribution in [1.29, 1.82) is 0 Å². The van der Waals surface area contributed by atoms with Gasteiger partial charge in [0.15, 0.2) is 0 Å². The van der Waals surface area contributed by atoms with E-state index in [9.17, 15) is 14.2 Å². The number of unbranched alkanes of at least 4 members (excludes halogenated alkanes) is 1. The van der Waals surface area contributed by atoms with E-state index in [1.165, 1.54) is 12.5 Å². The third kappa shape index (κ3) is 3.56. The van der Waals surface area contributed by atoms with Crippen molar-refractivity contribution < 1.29 is 33.8 Å². The Labute approximate surface area is 115 Å². The molecule has 0 atom stereocenters. The van der Waals surface area contributed by atoms with E-state index < -0.39 is 26.8 Å². The zero-order valence-electron chi connectivity index (χ0n) is 10.8. The summed E-state index contributed by atoms with van der Waals surface area (Å²) in [5.74, 6) is 0. The molecule has 9 nitrogen and oxygen atoms in total. The first-order valence-electron chi connectivity index (χ1n) is 5.85. The number of rotatable bonds is 7. The van der Waals surface area contributed by atoms with Gasteiger partial charge >= 0.3 is 15.2 Å². The van der Waals surface area contributed by atoms with E-state index in [2.05, 4.69) is 4.98 Å². The van der Waals surface area contributed by atoms with E-state index in [1.807, 2.05) is 6.92 Å². The minimum atomic E-state index is -5.45. The first-order valence-corrected chi connectivity index (χ1v) is 9.08. The van der Waals surface area contributed by atoms with E-state index in [0.717, 1.165) is 17.4 Å². The molecule has 11 heteroatoms. The number of imidazole rings is 1. The molecule has 5 N–H and O–H groups in total. The summed E-state index contributed by atoms with van der Waals surface area (Å²) in [6.45, 7) is 1.02. The smallest absolute Gasteiger partial charge is 0.366 e. The lowest BCUT2D eigenvalue weighted by molar-refractivity contribution is 0.114. The van der Waals surface area contributed by atoms with Crippen molar-refractivity contribution in [2.75, 3.05) is 0 Å². The number of aromatic nitrogens is 2. The zero-order valence-corrected chi connectivity index (χ0v) is 12.6. The van der Waals surface area contributed by atoms with Gasteiger partial charge in [-0.15, -0.1) is 0 Å². The number of aryl methyl sites for hydroxylation is 1. The van der Waals surface area contributed by atoms with Crippen molar-refractivity contribution in [2.45, 2.75) is 37.8 Å². The van der Waals surface area contributed by atoms with Gasteiger partial charge in [0.05, 0.1) is 12.9 Å². The normalized spacial score (nSPS) is 13.7. The molecular formula is C9H18N2O7P2. The number of aliphatic hydroxyl groups is 1. The van der Waals surface area contributed by atoms with Crippen LogP contribution in [0.15, 0.2) is 12.5 Å². The molecule has 0 saturated carbocycles. The van der Waals surface area contributed by atoms with Gasteiger partial charge in [-0.05, 0) is 12.8 Å². The monoisotopic (exact) mass is 328 g/mol. The molecule has 0 bridgehead atoms. The SMILES string of the molecule is CCCCc1cncn1CC(O)(P(=O)(O)O)P(=O)(O)O. The molecule has 20 heavy (non-hydrogen) atoms. The molecule has 0 aliphatic rings. The summed E-state index contributed by atoms with van der Waals surface area (Å²) >= 11 is 0. The second kappa shape index (κ2) is 6.07. The summed E-state index contributed by atoms with van der Waals surface area (Å²) in [6, 6.07) is 0. The molecule has 1 rings (SSSR count). The van der Waals surface area contributed by atoms with Crippen molar-refractivity contribution in [3.63, 3.8) is 0 Å². The van der Waals surface area contributed by atoms with Crippen LogP contribution >= 0.6 is 15.2 Å². The van der Waals surface area contributed by atoms with Gasteiger partial charge in [0.1, 0.15) is 0 Å². The van der Waals surface area contributed by atoms with Gasteiger partial charge in [0.2, 0.25) is 0 Å². The maximum atomic E-state index is 11.3. The Morgan fingerprint density at radius 3 is 2.25 bits per heavy atom. The van der Waals surface area contributed by atoms with Gasteiger partial charge in [0.25, 0.3) is 5.08 Å². The molecular weight excluding hydrogens is 310 g/mol. The van der Waals surface area contributed by atoms with Crippen molar-refractivity contribution in [3.8, 4) is 0 Å². The fourth-order valence-electron chi connectivity index (χ4n) is 1.64. The van der Waals surface area contributed by atoms with Crippen LogP contribution in [0.4, 0.5) is 0 Å². The molecule has 116 valence electrons. The van der Waals surface area contributed by atoms with Crippen LogP contribution in [0, 0.1) is 0 Å². The average Bonchev–Trinajstić information content (AvgIpc) is 2.70. The van der Waals surface area contributed by atoms with Crippen molar-refractivity contribution >= 4 is 15.2 Å². The molecule has 0 saturated heterocycles. The van der Waals surface area contributed by atoms with Crippen molar-refractivity contribution in [1.82, 2.24) is 9.55 Å². The molecule has 0 fully saturated rings. The minimum absolute atomic E-state index is 0.523. The molecule has 0 aliphatic carbocycles. The molecule has 0 unspecified atom stereocenters. The van der Waals surface area contributed by atoms with Crippen LogP contribution in [-0.4, -0.2) is 39.3 Å².